The molecule has 0 nitrogen and oxygen atoms in total. The van der Waals surface area contributed by atoms with Crippen molar-refractivity contribution in [3.63, 3.8) is 0 Å². The molecule has 0 radical (unpaired) electrons. The van der Waals surface area contributed by atoms with E-state index in [1.807, 2.05) is 0 Å². The van der Waals surface area contributed by atoms with Gasteiger partial charge in [0.15, 0.2) is 0 Å². The van der Waals surface area contributed by atoms with Crippen LogP contribution in [0.3, 0.4) is 0 Å². The number of hydrogen-bond donors (Lipinski definition) is 0. The molecule has 0 bridgehead atoms. The fourth-order valence-corrected chi connectivity index (χ4v) is 4.11. The first kappa shape index (κ1) is 18.5. The maximum Gasteiger partial charge on any atom is 0.00289 e. The summed E-state index contributed by atoms with van der Waals surface area (Å²) in [5.41, 5.74) is 7.08. The molecule has 4 rings (SSSR count). The molecular formula is C28H28. The Morgan fingerprint density at radius 2 is 1.50 bits per heavy atom. The fourth-order valence-electron chi connectivity index (χ4n) is 4.11. The van der Waals surface area contributed by atoms with Gasteiger partial charge in [0.2, 0.25) is 0 Å². The Labute approximate surface area is 168 Å². The Morgan fingerprint density at radius 3 is 2.32 bits per heavy atom. The lowest BCUT2D eigenvalue weighted by Gasteiger charge is -2.16. The molecule has 0 aliphatic heterocycles. The van der Waals surface area contributed by atoms with Crippen molar-refractivity contribution in [3.8, 4) is 0 Å². The zero-order valence-corrected chi connectivity index (χ0v) is 16.7. The second-order valence-electron chi connectivity index (χ2n) is 7.88. The third-order valence-corrected chi connectivity index (χ3v) is 5.96. The fraction of sp³-hybridized carbons (Fsp3) is 0.214. The molecule has 1 atom stereocenters. The summed E-state index contributed by atoms with van der Waals surface area (Å²) >= 11 is 0. The van der Waals surface area contributed by atoms with Crippen molar-refractivity contribution in [2.75, 3.05) is 0 Å². The van der Waals surface area contributed by atoms with Crippen LogP contribution < -0.4 is 0 Å². The molecule has 0 spiro atoms. The van der Waals surface area contributed by atoms with Crippen LogP contribution in [0, 0.1) is 5.92 Å². The molecule has 0 heteroatoms. The number of rotatable bonds is 7. The van der Waals surface area contributed by atoms with Gasteiger partial charge < -0.3 is 0 Å². The second-order valence-corrected chi connectivity index (χ2v) is 7.88. The van der Waals surface area contributed by atoms with Gasteiger partial charge in [-0.05, 0) is 59.2 Å². The van der Waals surface area contributed by atoms with Crippen LogP contribution in [0.1, 0.15) is 37.3 Å². The molecule has 1 aliphatic carbocycles. The number of aryl methyl sites for hydroxylation is 1. The molecule has 0 fully saturated rings. The maximum atomic E-state index is 4.32. The van der Waals surface area contributed by atoms with Gasteiger partial charge in [-0.1, -0.05) is 104 Å². The van der Waals surface area contributed by atoms with Gasteiger partial charge in [-0.2, -0.15) is 0 Å². The highest BCUT2D eigenvalue weighted by molar-refractivity contribution is 5.87. The Morgan fingerprint density at radius 1 is 0.786 bits per heavy atom. The van der Waals surface area contributed by atoms with Crippen molar-refractivity contribution < 1.29 is 0 Å². The standard InChI is InChI=1S/C28H28/c1-21(12-14-23-8-4-3-5-9-23)13-15-24-18-19-28(22(24)2)27-17-16-25-10-6-7-11-26(25)20-27/h3-11,16-20,22H,1,12-15H2,2H3. The first-order chi connectivity index (χ1) is 13.7. The van der Waals surface area contributed by atoms with Crippen LogP contribution in [-0.4, -0.2) is 0 Å². The lowest BCUT2D eigenvalue weighted by Crippen LogP contribution is -2.00. The van der Waals surface area contributed by atoms with Crippen molar-refractivity contribution in [1.82, 2.24) is 0 Å². The van der Waals surface area contributed by atoms with E-state index in [2.05, 4.69) is 98.5 Å². The molecule has 3 aromatic carbocycles. The topological polar surface area (TPSA) is 0 Å². The normalized spacial score (nSPS) is 16.1. The van der Waals surface area contributed by atoms with Crippen LogP contribution >= 0.6 is 0 Å². The van der Waals surface area contributed by atoms with Crippen molar-refractivity contribution >= 4 is 16.3 Å². The van der Waals surface area contributed by atoms with Crippen molar-refractivity contribution in [3.05, 3.63) is 114 Å². The number of benzene rings is 3. The highest BCUT2D eigenvalue weighted by Crippen LogP contribution is 2.37. The van der Waals surface area contributed by atoms with E-state index >= 15 is 0 Å². The summed E-state index contributed by atoms with van der Waals surface area (Å²) in [7, 11) is 0. The third-order valence-electron chi connectivity index (χ3n) is 5.96. The Balaban J connectivity index is 1.33. The number of fused-ring (bicyclic) bond motifs is 1. The summed E-state index contributed by atoms with van der Waals surface area (Å²) < 4.78 is 0. The minimum absolute atomic E-state index is 0.489. The average Bonchev–Trinajstić information content (AvgIpc) is 3.11. The number of hydrogen-bond acceptors (Lipinski definition) is 0. The molecule has 0 amide bonds. The molecule has 28 heavy (non-hydrogen) atoms. The van der Waals surface area contributed by atoms with E-state index in [4.69, 9.17) is 0 Å². The van der Waals surface area contributed by atoms with E-state index < -0.39 is 0 Å². The van der Waals surface area contributed by atoms with Crippen molar-refractivity contribution in [1.29, 1.82) is 0 Å². The summed E-state index contributed by atoms with van der Waals surface area (Å²) in [6.07, 6.45) is 9.02. The molecule has 0 saturated carbocycles. The van der Waals surface area contributed by atoms with Gasteiger partial charge in [0, 0.05) is 5.92 Å². The van der Waals surface area contributed by atoms with Crippen LogP contribution in [0.4, 0.5) is 0 Å². The lowest BCUT2D eigenvalue weighted by molar-refractivity contribution is 0.769. The van der Waals surface area contributed by atoms with Crippen LogP contribution in [0.2, 0.25) is 0 Å². The smallest absolute Gasteiger partial charge is 0.00289 e. The van der Waals surface area contributed by atoms with Crippen LogP contribution in [-0.2, 0) is 6.42 Å². The summed E-state index contributed by atoms with van der Waals surface area (Å²) in [4.78, 5) is 0. The highest BCUT2D eigenvalue weighted by Gasteiger charge is 2.19. The Hall–Kier alpha value is -2.86. The third kappa shape index (κ3) is 4.17. The van der Waals surface area contributed by atoms with Gasteiger partial charge in [-0.15, -0.1) is 0 Å². The quantitative estimate of drug-likeness (QED) is 0.376. The minimum Gasteiger partial charge on any atom is -0.0998 e. The molecule has 1 aliphatic rings. The maximum absolute atomic E-state index is 4.32. The molecular weight excluding hydrogens is 336 g/mol. The molecule has 0 saturated heterocycles. The zero-order chi connectivity index (χ0) is 19.3. The Bertz CT molecular complexity index is 1030. The monoisotopic (exact) mass is 364 g/mol. The lowest BCUT2D eigenvalue weighted by atomic mass is 9.88. The predicted molar refractivity (Wildman–Crippen MR) is 122 cm³/mol. The van der Waals surface area contributed by atoms with Crippen LogP contribution in [0.15, 0.2) is 103 Å². The molecule has 0 aromatic heterocycles. The van der Waals surface area contributed by atoms with Gasteiger partial charge in [-0.3, -0.25) is 0 Å². The highest BCUT2D eigenvalue weighted by atomic mass is 14.2. The average molecular weight is 365 g/mol. The predicted octanol–water partition coefficient (Wildman–Crippen LogP) is 7.77. The van der Waals surface area contributed by atoms with E-state index in [1.165, 1.54) is 38.6 Å². The van der Waals surface area contributed by atoms with Gasteiger partial charge in [0.25, 0.3) is 0 Å². The van der Waals surface area contributed by atoms with E-state index in [0.717, 1.165) is 25.7 Å². The van der Waals surface area contributed by atoms with Gasteiger partial charge in [0.05, 0.1) is 0 Å². The zero-order valence-electron chi connectivity index (χ0n) is 16.7. The molecule has 0 N–H and O–H groups in total. The molecule has 3 aromatic rings. The van der Waals surface area contributed by atoms with Gasteiger partial charge in [0.1, 0.15) is 0 Å². The number of allylic oxidation sites excluding steroid dienone is 5. The van der Waals surface area contributed by atoms with Crippen LogP contribution in [0.5, 0.6) is 0 Å². The molecule has 140 valence electrons. The summed E-state index contributed by atoms with van der Waals surface area (Å²) in [5, 5.41) is 2.62. The molecule has 1 unspecified atom stereocenters. The van der Waals surface area contributed by atoms with Crippen molar-refractivity contribution in [2.45, 2.75) is 32.6 Å². The minimum atomic E-state index is 0.489. The first-order valence-electron chi connectivity index (χ1n) is 10.3. The van der Waals surface area contributed by atoms with Crippen molar-refractivity contribution in [2.24, 2.45) is 5.92 Å². The van der Waals surface area contributed by atoms with Gasteiger partial charge in [-0.25, -0.2) is 0 Å². The van der Waals surface area contributed by atoms with E-state index in [-0.39, 0.29) is 0 Å². The van der Waals surface area contributed by atoms with E-state index in [1.54, 1.807) is 0 Å². The summed E-state index contributed by atoms with van der Waals surface area (Å²) in [6, 6.07) is 26.1. The largest absolute Gasteiger partial charge is 0.0998 e. The van der Waals surface area contributed by atoms with Gasteiger partial charge >= 0.3 is 0 Å². The summed E-state index contributed by atoms with van der Waals surface area (Å²) in [6.45, 7) is 6.66. The summed E-state index contributed by atoms with van der Waals surface area (Å²) in [5.74, 6) is 0.489. The molecule has 0 heterocycles. The van der Waals surface area contributed by atoms with E-state index in [9.17, 15) is 0 Å². The first-order valence-corrected chi connectivity index (χ1v) is 10.3. The Kier molecular flexibility index (Phi) is 5.58. The van der Waals surface area contributed by atoms with E-state index in [0.29, 0.717) is 5.92 Å². The SMILES string of the molecule is C=C(CCC1=CC=C(c2ccc3ccccc3c2)C1C)CCc1ccccc1. The second kappa shape index (κ2) is 8.44. The van der Waals surface area contributed by atoms with Crippen LogP contribution in [0.25, 0.3) is 16.3 Å².